The number of rotatable bonds is 6. The first kappa shape index (κ1) is 15.9. The Hall–Kier alpha value is -0.120. The van der Waals surface area contributed by atoms with Gasteiger partial charge in [-0.15, -0.1) is 0 Å². The van der Waals surface area contributed by atoms with E-state index < -0.39 is 0 Å². The normalized spacial score (nSPS) is 28.3. The van der Waals surface area contributed by atoms with Gasteiger partial charge in [0.1, 0.15) is 0 Å². The van der Waals surface area contributed by atoms with Crippen LogP contribution in [-0.2, 0) is 4.74 Å². The van der Waals surface area contributed by atoms with Crippen molar-refractivity contribution in [1.82, 2.24) is 10.2 Å². The molecule has 0 radical (unpaired) electrons. The molecule has 1 N–H and O–H groups in total. The minimum Gasteiger partial charge on any atom is -0.373 e. The fraction of sp³-hybridized carbons (Fsp3) is 1.00. The van der Waals surface area contributed by atoms with Crippen LogP contribution in [0.5, 0.6) is 0 Å². The van der Waals surface area contributed by atoms with E-state index in [9.17, 15) is 0 Å². The third kappa shape index (κ3) is 4.87. The van der Waals surface area contributed by atoms with Crippen LogP contribution in [0.25, 0.3) is 0 Å². The van der Waals surface area contributed by atoms with Gasteiger partial charge in [-0.25, -0.2) is 0 Å². The molecule has 1 rings (SSSR count). The molecule has 1 fully saturated rings. The van der Waals surface area contributed by atoms with Gasteiger partial charge in [-0.2, -0.15) is 0 Å². The Morgan fingerprint density at radius 3 is 2.33 bits per heavy atom. The van der Waals surface area contributed by atoms with Gasteiger partial charge < -0.3 is 10.1 Å². The molecule has 108 valence electrons. The van der Waals surface area contributed by atoms with Gasteiger partial charge in [-0.3, -0.25) is 4.90 Å². The summed E-state index contributed by atoms with van der Waals surface area (Å²) >= 11 is 0. The number of nitrogens with zero attached hydrogens (tertiary/aromatic N) is 1. The van der Waals surface area contributed by atoms with E-state index in [4.69, 9.17) is 4.74 Å². The van der Waals surface area contributed by atoms with Crippen LogP contribution in [0.4, 0.5) is 0 Å². The van der Waals surface area contributed by atoms with Crippen molar-refractivity contribution in [1.29, 1.82) is 0 Å². The quantitative estimate of drug-likeness (QED) is 0.790. The second kappa shape index (κ2) is 6.88. The lowest BCUT2D eigenvalue weighted by Crippen LogP contribution is -2.52. The molecule has 3 heteroatoms. The molecule has 0 saturated carbocycles. The zero-order valence-electron chi connectivity index (χ0n) is 13.1. The Balaban J connectivity index is 2.47. The Bertz CT molecular complexity index is 233. The summed E-state index contributed by atoms with van der Waals surface area (Å²) in [5, 5.41) is 3.63. The van der Waals surface area contributed by atoms with Gasteiger partial charge in [0.25, 0.3) is 0 Å². The molecule has 1 saturated heterocycles. The number of hydrogen-bond acceptors (Lipinski definition) is 3. The number of ether oxygens (including phenoxy) is 1. The molecule has 0 spiro atoms. The topological polar surface area (TPSA) is 24.5 Å². The van der Waals surface area contributed by atoms with Crippen molar-refractivity contribution in [3.8, 4) is 0 Å². The SMILES string of the molecule is CCCNC(C)C(C)(C)CN1CC(C)OC(C)C1. The Labute approximate surface area is 113 Å². The van der Waals surface area contributed by atoms with Crippen molar-refractivity contribution in [3.05, 3.63) is 0 Å². The maximum absolute atomic E-state index is 5.80. The van der Waals surface area contributed by atoms with Crippen molar-refractivity contribution in [2.24, 2.45) is 5.41 Å². The maximum Gasteiger partial charge on any atom is 0.0678 e. The molecule has 3 atom stereocenters. The van der Waals surface area contributed by atoms with Gasteiger partial charge in [0, 0.05) is 25.7 Å². The molecule has 1 aliphatic heterocycles. The summed E-state index contributed by atoms with van der Waals surface area (Å²) in [5.74, 6) is 0. The number of hydrogen-bond donors (Lipinski definition) is 1. The van der Waals surface area contributed by atoms with Crippen molar-refractivity contribution in [2.75, 3.05) is 26.2 Å². The van der Waals surface area contributed by atoms with Gasteiger partial charge in [0.2, 0.25) is 0 Å². The average Bonchev–Trinajstić information content (AvgIpc) is 2.23. The summed E-state index contributed by atoms with van der Waals surface area (Å²) in [5.41, 5.74) is 0.298. The van der Waals surface area contributed by atoms with E-state index in [0.29, 0.717) is 23.7 Å². The smallest absolute Gasteiger partial charge is 0.0678 e. The summed E-state index contributed by atoms with van der Waals surface area (Å²) in [4.78, 5) is 2.56. The molecule has 3 unspecified atom stereocenters. The van der Waals surface area contributed by atoms with Crippen LogP contribution < -0.4 is 5.32 Å². The van der Waals surface area contributed by atoms with Crippen molar-refractivity contribution < 1.29 is 4.74 Å². The predicted octanol–water partition coefficient (Wildman–Crippen LogP) is 2.51. The largest absolute Gasteiger partial charge is 0.373 e. The Kier molecular flexibility index (Phi) is 6.09. The number of nitrogens with one attached hydrogen (secondary N) is 1. The highest BCUT2D eigenvalue weighted by Crippen LogP contribution is 2.24. The third-order valence-electron chi connectivity index (χ3n) is 4.00. The highest BCUT2D eigenvalue weighted by atomic mass is 16.5. The number of morpholine rings is 1. The second-order valence-corrected chi connectivity index (χ2v) is 6.62. The zero-order chi connectivity index (χ0) is 13.8. The molecule has 0 aromatic carbocycles. The molecule has 1 aliphatic rings. The Morgan fingerprint density at radius 1 is 1.28 bits per heavy atom. The summed E-state index contributed by atoms with van der Waals surface area (Å²) < 4.78 is 5.80. The van der Waals surface area contributed by atoms with Crippen LogP contribution in [0, 0.1) is 5.41 Å². The van der Waals surface area contributed by atoms with Crippen molar-refractivity contribution >= 4 is 0 Å². The molecule has 18 heavy (non-hydrogen) atoms. The minimum atomic E-state index is 0.298. The highest BCUT2D eigenvalue weighted by molar-refractivity contribution is 4.86. The molecule has 1 heterocycles. The van der Waals surface area contributed by atoms with Gasteiger partial charge in [-0.1, -0.05) is 20.8 Å². The molecular weight excluding hydrogens is 224 g/mol. The van der Waals surface area contributed by atoms with Gasteiger partial charge in [0.05, 0.1) is 12.2 Å². The van der Waals surface area contributed by atoms with E-state index >= 15 is 0 Å². The third-order valence-corrected chi connectivity index (χ3v) is 4.00. The molecular formula is C15H32N2O. The summed E-state index contributed by atoms with van der Waals surface area (Å²) in [6, 6.07) is 0.547. The van der Waals surface area contributed by atoms with Gasteiger partial charge in [0.15, 0.2) is 0 Å². The maximum atomic E-state index is 5.80. The van der Waals surface area contributed by atoms with E-state index in [1.807, 2.05) is 0 Å². The van der Waals surface area contributed by atoms with E-state index in [1.165, 1.54) is 6.42 Å². The molecule has 0 amide bonds. The van der Waals surface area contributed by atoms with Crippen molar-refractivity contribution in [2.45, 2.75) is 66.2 Å². The molecule has 0 aromatic heterocycles. The molecule has 0 bridgehead atoms. The monoisotopic (exact) mass is 256 g/mol. The van der Waals surface area contributed by atoms with Crippen LogP contribution in [0.3, 0.4) is 0 Å². The fourth-order valence-corrected chi connectivity index (χ4v) is 2.76. The standard InChI is InChI=1S/C15H32N2O/c1-7-8-16-14(4)15(5,6)11-17-9-12(2)18-13(3)10-17/h12-14,16H,7-11H2,1-6H3. The van der Waals surface area contributed by atoms with Gasteiger partial charge >= 0.3 is 0 Å². The van der Waals surface area contributed by atoms with Crippen LogP contribution in [-0.4, -0.2) is 49.3 Å². The first-order valence-electron chi connectivity index (χ1n) is 7.46. The molecule has 0 aromatic rings. The summed E-state index contributed by atoms with van der Waals surface area (Å²) in [6.45, 7) is 18.0. The van der Waals surface area contributed by atoms with Crippen LogP contribution in [0.1, 0.15) is 48.0 Å². The highest BCUT2D eigenvalue weighted by Gasteiger charge is 2.31. The van der Waals surface area contributed by atoms with E-state index in [-0.39, 0.29) is 0 Å². The second-order valence-electron chi connectivity index (χ2n) is 6.62. The average molecular weight is 256 g/mol. The van der Waals surface area contributed by atoms with E-state index in [0.717, 1.165) is 26.2 Å². The predicted molar refractivity (Wildman–Crippen MR) is 78.0 cm³/mol. The lowest BCUT2D eigenvalue weighted by atomic mass is 9.84. The first-order chi connectivity index (χ1) is 8.35. The van der Waals surface area contributed by atoms with Gasteiger partial charge in [-0.05, 0) is 39.2 Å². The van der Waals surface area contributed by atoms with Crippen LogP contribution in [0.2, 0.25) is 0 Å². The summed E-state index contributed by atoms with van der Waals surface area (Å²) in [7, 11) is 0. The van der Waals surface area contributed by atoms with E-state index in [1.54, 1.807) is 0 Å². The lowest BCUT2D eigenvalue weighted by molar-refractivity contribution is -0.0774. The molecule has 3 nitrogen and oxygen atoms in total. The molecule has 0 aliphatic carbocycles. The first-order valence-corrected chi connectivity index (χ1v) is 7.46. The van der Waals surface area contributed by atoms with E-state index in [2.05, 4.69) is 51.8 Å². The zero-order valence-corrected chi connectivity index (χ0v) is 13.1. The van der Waals surface area contributed by atoms with Crippen molar-refractivity contribution in [3.63, 3.8) is 0 Å². The summed E-state index contributed by atoms with van der Waals surface area (Å²) in [6.07, 6.45) is 1.93. The Morgan fingerprint density at radius 2 is 1.83 bits per heavy atom. The minimum absolute atomic E-state index is 0.298. The fourth-order valence-electron chi connectivity index (χ4n) is 2.76. The lowest BCUT2D eigenvalue weighted by Gasteiger charge is -2.42. The van der Waals surface area contributed by atoms with Crippen LogP contribution >= 0.6 is 0 Å². The van der Waals surface area contributed by atoms with Crippen LogP contribution in [0.15, 0.2) is 0 Å².